The van der Waals surface area contributed by atoms with Gasteiger partial charge in [0.2, 0.25) is 0 Å². The third-order valence-electron chi connectivity index (χ3n) is 2.52. The fraction of sp³-hybridized carbons (Fsp3) is 0.583. The zero-order chi connectivity index (χ0) is 21.7. The fourth-order valence-electron chi connectivity index (χ4n) is 1.27. The second-order valence-corrected chi connectivity index (χ2v) is 6.21. The maximum absolute atomic E-state index is 13.3. The van der Waals surface area contributed by atoms with Gasteiger partial charge in [0.05, 0.1) is 6.61 Å². The normalized spacial score (nSPS) is 14.8. The fourth-order valence-corrected chi connectivity index (χ4v) is 1.60. The molecular formula is C12H12F5O9S-. The van der Waals surface area contributed by atoms with Gasteiger partial charge >= 0.3 is 29.2 Å². The molecular weight excluding hydrogens is 415 g/mol. The molecule has 0 aliphatic carbocycles. The number of hydrogen-bond acceptors (Lipinski definition) is 9. The van der Waals surface area contributed by atoms with Crippen LogP contribution in [0.15, 0.2) is 12.7 Å². The Hall–Kier alpha value is -2.13. The summed E-state index contributed by atoms with van der Waals surface area (Å²) in [5.74, 6) is -9.95. The van der Waals surface area contributed by atoms with Crippen LogP contribution in [0.2, 0.25) is 0 Å². The van der Waals surface area contributed by atoms with Crippen LogP contribution in [0.5, 0.6) is 0 Å². The molecule has 0 saturated carbocycles. The molecule has 0 heterocycles. The van der Waals surface area contributed by atoms with Crippen molar-refractivity contribution in [3.05, 3.63) is 12.7 Å². The lowest BCUT2D eigenvalue weighted by molar-refractivity contribution is -0.355. The smallest absolute Gasteiger partial charge is 0.468 e. The molecule has 0 spiro atoms. The highest BCUT2D eigenvalue weighted by Crippen LogP contribution is 2.37. The summed E-state index contributed by atoms with van der Waals surface area (Å²) in [6, 6.07) is 0. The average Bonchev–Trinajstić information content (AvgIpc) is 2.48. The Balaban J connectivity index is 5.79. The van der Waals surface area contributed by atoms with Crippen molar-refractivity contribution in [1.29, 1.82) is 0 Å². The minimum atomic E-state index is -6.25. The van der Waals surface area contributed by atoms with Crippen molar-refractivity contribution in [3.63, 3.8) is 0 Å². The van der Waals surface area contributed by atoms with Crippen LogP contribution in [0.3, 0.4) is 0 Å². The van der Waals surface area contributed by atoms with Crippen molar-refractivity contribution in [1.82, 2.24) is 0 Å². The van der Waals surface area contributed by atoms with E-state index in [4.69, 9.17) is 0 Å². The Morgan fingerprint density at radius 1 is 1.15 bits per heavy atom. The van der Waals surface area contributed by atoms with Crippen LogP contribution >= 0.6 is 0 Å². The van der Waals surface area contributed by atoms with Gasteiger partial charge in [0.15, 0.2) is 15.9 Å². The molecule has 0 aromatic rings. The van der Waals surface area contributed by atoms with E-state index in [2.05, 4.69) is 20.8 Å². The number of esters is 2. The van der Waals surface area contributed by atoms with Crippen LogP contribution in [-0.4, -0.2) is 61.1 Å². The summed E-state index contributed by atoms with van der Waals surface area (Å²) in [5, 5.41) is -5.05. The van der Waals surface area contributed by atoms with Crippen LogP contribution in [0.25, 0.3) is 0 Å². The highest BCUT2D eigenvalue weighted by molar-refractivity contribution is 7.86. The summed E-state index contributed by atoms with van der Waals surface area (Å²) >= 11 is 0. The Labute approximate surface area is 148 Å². The predicted molar refractivity (Wildman–Crippen MR) is 71.9 cm³/mol. The maximum atomic E-state index is 13.3. The number of ether oxygens (including phenoxy) is 3. The third kappa shape index (κ3) is 6.51. The lowest BCUT2D eigenvalue weighted by Gasteiger charge is -2.32. The van der Waals surface area contributed by atoms with Crippen molar-refractivity contribution in [3.8, 4) is 0 Å². The Kier molecular flexibility index (Phi) is 8.02. The molecule has 156 valence electrons. The first kappa shape index (κ1) is 24.9. The Bertz CT molecular complexity index is 701. The number of ketones is 1. The molecule has 0 saturated heterocycles. The van der Waals surface area contributed by atoms with Crippen LogP contribution in [0.1, 0.15) is 13.3 Å². The number of Topliss-reactive ketones (excluding diaryl/α,β-unsaturated/α-hetero) is 1. The third-order valence-corrected chi connectivity index (χ3v) is 3.46. The average molecular weight is 427 g/mol. The molecule has 0 aromatic heterocycles. The van der Waals surface area contributed by atoms with E-state index in [1.807, 2.05) is 0 Å². The number of alkyl halides is 5. The van der Waals surface area contributed by atoms with E-state index >= 15 is 0 Å². The van der Waals surface area contributed by atoms with Gasteiger partial charge < -0.3 is 18.8 Å². The molecule has 0 aromatic carbocycles. The van der Waals surface area contributed by atoms with Crippen molar-refractivity contribution in [2.75, 3.05) is 13.2 Å². The molecule has 0 radical (unpaired) electrons. The SMILES string of the molecule is C=CC(=O)OC(OCCC(F)(F)S(=O)(=O)[O-])(C(=O)OCC(C)=O)C(F)(F)F. The van der Waals surface area contributed by atoms with Gasteiger partial charge in [0, 0.05) is 12.5 Å². The summed E-state index contributed by atoms with van der Waals surface area (Å²) < 4.78 is 109. The number of halogens is 5. The van der Waals surface area contributed by atoms with E-state index in [0.29, 0.717) is 0 Å². The van der Waals surface area contributed by atoms with E-state index in [-0.39, 0.29) is 6.08 Å². The minimum Gasteiger partial charge on any atom is -0.743 e. The first-order chi connectivity index (χ1) is 12.0. The van der Waals surface area contributed by atoms with E-state index in [1.165, 1.54) is 0 Å². The van der Waals surface area contributed by atoms with Gasteiger partial charge in [-0.25, -0.2) is 18.0 Å². The van der Waals surface area contributed by atoms with Crippen LogP contribution in [-0.2, 0) is 38.7 Å². The van der Waals surface area contributed by atoms with Crippen LogP contribution in [0, 0.1) is 0 Å². The molecule has 0 N–H and O–H groups in total. The Morgan fingerprint density at radius 3 is 2.04 bits per heavy atom. The van der Waals surface area contributed by atoms with Crippen molar-refractivity contribution < 1.29 is 63.5 Å². The predicted octanol–water partition coefficient (Wildman–Crippen LogP) is 0.651. The molecule has 9 nitrogen and oxygen atoms in total. The van der Waals surface area contributed by atoms with Gasteiger partial charge in [-0.05, 0) is 6.92 Å². The number of carbonyl (C=O) groups excluding carboxylic acids is 3. The summed E-state index contributed by atoms with van der Waals surface area (Å²) in [6.45, 7) is 0.493. The van der Waals surface area contributed by atoms with Crippen LogP contribution < -0.4 is 0 Å². The van der Waals surface area contributed by atoms with Crippen LogP contribution in [0.4, 0.5) is 22.0 Å². The Morgan fingerprint density at radius 2 is 1.67 bits per heavy atom. The molecule has 1 unspecified atom stereocenters. The lowest BCUT2D eigenvalue weighted by Crippen LogP contribution is -2.58. The first-order valence-electron chi connectivity index (χ1n) is 6.56. The van der Waals surface area contributed by atoms with Gasteiger partial charge in [-0.2, -0.15) is 22.0 Å². The van der Waals surface area contributed by atoms with Crippen molar-refractivity contribution >= 4 is 27.8 Å². The summed E-state index contributed by atoms with van der Waals surface area (Å²) in [4.78, 5) is 33.6. The summed E-state index contributed by atoms with van der Waals surface area (Å²) in [5.41, 5.74) is 0. The highest BCUT2D eigenvalue weighted by Gasteiger charge is 2.68. The number of carbonyl (C=O) groups is 3. The first-order valence-corrected chi connectivity index (χ1v) is 7.97. The molecule has 0 fully saturated rings. The number of rotatable bonds is 10. The second kappa shape index (κ2) is 8.71. The zero-order valence-corrected chi connectivity index (χ0v) is 14.2. The molecule has 0 amide bonds. The van der Waals surface area contributed by atoms with E-state index in [0.717, 1.165) is 6.92 Å². The molecule has 0 aliphatic heterocycles. The number of hydrogen-bond donors (Lipinski definition) is 0. The minimum absolute atomic E-state index is 0.165. The van der Waals surface area contributed by atoms with Gasteiger partial charge in [0.1, 0.15) is 6.61 Å². The topological polar surface area (TPSA) is 136 Å². The molecule has 15 heteroatoms. The molecule has 1 atom stereocenters. The van der Waals surface area contributed by atoms with Gasteiger partial charge in [0.25, 0.3) is 0 Å². The standard InChI is InChI=1S/C12H13F5O9S/c1-3-8(19)26-11(12(15,16)17,9(20)24-6-7(2)18)25-5-4-10(13,14)27(21,22)23/h3H,1,4-6H2,2H3,(H,21,22,23)/p-1. The largest absolute Gasteiger partial charge is 0.743 e. The summed E-state index contributed by atoms with van der Waals surface area (Å²) in [7, 11) is -6.25. The monoisotopic (exact) mass is 427 g/mol. The zero-order valence-electron chi connectivity index (χ0n) is 13.4. The molecule has 0 aliphatic rings. The van der Waals surface area contributed by atoms with Gasteiger partial charge in [-0.15, -0.1) is 0 Å². The second-order valence-electron chi connectivity index (χ2n) is 4.71. The van der Waals surface area contributed by atoms with E-state index in [1.54, 1.807) is 0 Å². The van der Waals surface area contributed by atoms with Gasteiger partial charge in [-0.3, -0.25) is 4.79 Å². The van der Waals surface area contributed by atoms with Gasteiger partial charge in [-0.1, -0.05) is 6.58 Å². The summed E-state index contributed by atoms with van der Waals surface area (Å²) in [6.07, 6.45) is -7.85. The quantitative estimate of drug-likeness (QED) is 0.162. The van der Waals surface area contributed by atoms with E-state index < -0.39 is 64.7 Å². The van der Waals surface area contributed by atoms with Crippen molar-refractivity contribution in [2.24, 2.45) is 0 Å². The molecule has 0 bridgehead atoms. The molecule has 0 rings (SSSR count). The maximum Gasteiger partial charge on any atom is 0.468 e. The lowest BCUT2D eigenvalue weighted by atomic mass is 10.2. The van der Waals surface area contributed by atoms with E-state index in [9.17, 15) is 49.3 Å². The van der Waals surface area contributed by atoms with Crippen molar-refractivity contribution in [2.45, 2.75) is 30.6 Å². The highest BCUT2D eigenvalue weighted by atomic mass is 32.2. The molecule has 27 heavy (non-hydrogen) atoms.